The first-order chi connectivity index (χ1) is 13.6. The summed E-state index contributed by atoms with van der Waals surface area (Å²) in [6.45, 7) is 6.13. The molecule has 3 heterocycles. The molecule has 28 heavy (non-hydrogen) atoms. The van der Waals surface area contributed by atoms with Gasteiger partial charge >= 0.3 is 0 Å². The van der Waals surface area contributed by atoms with Crippen LogP contribution in [0.25, 0.3) is 22.3 Å². The number of carbonyl (C=O) groups is 1. The molecule has 1 aromatic carbocycles. The van der Waals surface area contributed by atoms with Crippen LogP contribution in [-0.2, 0) is 7.05 Å². The normalized spacial score (nSPS) is 15.9. The van der Waals surface area contributed by atoms with Crippen LogP contribution in [0.4, 0.5) is 0 Å². The van der Waals surface area contributed by atoms with Gasteiger partial charge in [-0.15, -0.1) is 0 Å². The number of aromatic amines is 1. The summed E-state index contributed by atoms with van der Waals surface area (Å²) >= 11 is 0. The Balaban J connectivity index is 1.36. The third kappa shape index (κ3) is 3.97. The number of carbonyl (C=O) groups excluding carboxylic acids is 1. The van der Waals surface area contributed by atoms with Crippen molar-refractivity contribution < 1.29 is 4.79 Å². The molecule has 1 saturated heterocycles. The Bertz CT molecular complexity index is 916. The monoisotopic (exact) mass is 379 g/mol. The molecule has 0 unspecified atom stereocenters. The number of rotatable bonds is 6. The minimum atomic E-state index is -0.110. The number of piperidine rings is 1. The summed E-state index contributed by atoms with van der Waals surface area (Å²) in [6, 6.07) is 12.1. The first-order valence-corrected chi connectivity index (χ1v) is 10.3. The van der Waals surface area contributed by atoms with Crippen LogP contribution in [0.1, 0.15) is 36.7 Å². The third-order valence-corrected chi connectivity index (χ3v) is 5.92. The number of para-hydroxylation sites is 1. The highest BCUT2D eigenvalue weighted by atomic mass is 16.1. The molecule has 0 spiro atoms. The van der Waals surface area contributed by atoms with Gasteiger partial charge in [0.15, 0.2) is 5.69 Å². The Morgan fingerprint density at radius 2 is 2.04 bits per heavy atom. The van der Waals surface area contributed by atoms with E-state index in [-0.39, 0.29) is 5.91 Å². The Labute approximate surface area is 165 Å². The average molecular weight is 380 g/mol. The van der Waals surface area contributed by atoms with Crippen molar-refractivity contribution >= 4 is 16.8 Å². The summed E-state index contributed by atoms with van der Waals surface area (Å²) in [6.07, 6.45) is 3.83. The van der Waals surface area contributed by atoms with Crippen LogP contribution < -0.4 is 5.32 Å². The highest BCUT2D eigenvalue weighted by Gasteiger charge is 2.18. The number of hydrogen-bond acceptors (Lipinski definition) is 3. The topological polar surface area (TPSA) is 66.0 Å². The SMILES string of the molecule is CCC1CCN(CCNC(=O)c2cc(-c3cc4ccccc4[nH]3)n(C)n2)CC1. The van der Waals surface area contributed by atoms with Gasteiger partial charge in [0.2, 0.25) is 0 Å². The standard InChI is InChI=1S/C22H29N5O/c1-3-16-8-11-27(12-9-16)13-10-23-22(28)20-15-21(26(2)25-20)19-14-17-6-4-5-7-18(17)24-19/h4-7,14-16,24H,3,8-13H2,1-2H3,(H,23,28). The van der Waals surface area contributed by atoms with Gasteiger partial charge in [-0.1, -0.05) is 31.5 Å². The molecular weight excluding hydrogens is 350 g/mol. The predicted molar refractivity (Wildman–Crippen MR) is 112 cm³/mol. The molecule has 0 radical (unpaired) electrons. The lowest BCUT2D eigenvalue weighted by Crippen LogP contribution is -2.39. The number of nitrogens with zero attached hydrogens (tertiary/aromatic N) is 3. The Morgan fingerprint density at radius 3 is 2.79 bits per heavy atom. The number of benzene rings is 1. The maximum Gasteiger partial charge on any atom is 0.271 e. The van der Waals surface area contributed by atoms with Crippen molar-refractivity contribution in [1.82, 2.24) is 25.0 Å². The Morgan fingerprint density at radius 1 is 1.25 bits per heavy atom. The lowest BCUT2D eigenvalue weighted by atomic mass is 9.94. The van der Waals surface area contributed by atoms with E-state index in [4.69, 9.17) is 0 Å². The summed E-state index contributed by atoms with van der Waals surface area (Å²) in [4.78, 5) is 18.4. The van der Waals surface area contributed by atoms with E-state index in [2.05, 4.69) is 39.4 Å². The predicted octanol–water partition coefficient (Wildman–Crippen LogP) is 3.42. The van der Waals surface area contributed by atoms with E-state index >= 15 is 0 Å². The van der Waals surface area contributed by atoms with Crippen molar-refractivity contribution in [2.24, 2.45) is 13.0 Å². The fraction of sp³-hybridized carbons (Fsp3) is 0.455. The number of fused-ring (bicyclic) bond motifs is 1. The fourth-order valence-corrected chi connectivity index (χ4v) is 4.08. The second kappa shape index (κ2) is 8.19. The van der Waals surface area contributed by atoms with Gasteiger partial charge in [0.25, 0.3) is 5.91 Å². The quantitative estimate of drug-likeness (QED) is 0.690. The lowest BCUT2D eigenvalue weighted by molar-refractivity contribution is 0.0938. The Kier molecular flexibility index (Phi) is 5.48. The van der Waals surface area contributed by atoms with Crippen molar-refractivity contribution in [3.63, 3.8) is 0 Å². The van der Waals surface area contributed by atoms with Gasteiger partial charge in [-0.25, -0.2) is 0 Å². The molecule has 1 aliphatic rings. The summed E-state index contributed by atoms with van der Waals surface area (Å²) in [5.41, 5.74) is 3.41. The first-order valence-electron chi connectivity index (χ1n) is 10.3. The first kappa shape index (κ1) is 18.7. The van der Waals surface area contributed by atoms with Gasteiger partial charge < -0.3 is 15.2 Å². The van der Waals surface area contributed by atoms with Gasteiger partial charge in [0.1, 0.15) is 0 Å². The zero-order valence-electron chi connectivity index (χ0n) is 16.7. The second-order valence-electron chi connectivity index (χ2n) is 7.76. The number of likely N-dealkylation sites (tertiary alicyclic amines) is 1. The van der Waals surface area contributed by atoms with E-state index in [1.165, 1.54) is 19.3 Å². The summed E-state index contributed by atoms with van der Waals surface area (Å²) in [5, 5.41) is 8.59. The molecule has 0 aliphatic carbocycles. The fourth-order valence-electron chi connectivity index (χ4n) is 4.08. The molecule has 1 fully saturated rings. The van der Waals surface area contributed by atoms with Crippen LogP contribution in [0.5, 0.6) is 0 Å². The van der Waals surface area contributed by atoms with Crippen molar-refractivity contribution in [3.05, 3.63) is 42.1 Å². The third-order valence-electron chi connectivity index (χ3n) is 5.92. The second-order valence-corrected chi connectivity index (χ2v) is 7.76. The van der Waals surface area contributed by atoms with Crippen LogP contribution in [0, 0.1) is 5.92 Å². The van der Waals surface area contributed by atoms with Crippen LogP contribution in [0.2, 0.25) is 0 Å². The molecule has 0 saturated carbocycles. The van der Waals surface area contributed by atoms with Gasteiger partial charge in [-0.2, -0.15) is 5.10 Å². The zero-order valence-corrected chi connectivity index (χ0v) is 16.7. The molecule has 2 aromatic heterocycles. The molecule has 0 atom stereocenters. The van der Waals surface area contributed by atoms with Gasteiger partial charge in [-0.3, -0.25) is 9.48 Å². The summed E-state index contributed by atoms with van der Waals surface area (Å²) < 4.78 is 1.76. The van der Waals surface area contributed by atoms with Gasteiger partial charge in [-0.05, 0) is 50.0 Å². The Hall–Kier alpha value is -2.60. The minimum absolute atomic E-state index is 0.110. The van der Waals surface area contributed by atoms with E-state index in [9.17, 15) is 4.79 Å². The van der Waals surface area contributed by atoms with E-state index in [1.807, 2.05) is 31.3 Å². The van der Waals surface area contributed by atoms with Crippen LogP contribution in [-0.4, -0.2) is 51.8 Å². The number of aryl methyl sites for hydroxylation is 1. The van der Waals surface area contributed by atoms with Crippen molar-refractivity contribution in [3.8, 4) is 11.4 Å². The molecule has 6 heteroatoms. The smallest absolute Gasteiger partial charge is 0.271 e. The molecule has 6 nitrogen and oxygen atoms in total. The zero-order chi connectivity index (χ0) is 19.5. The highest BCUT2D eigenvalue weighted by Crippen LogP contribution is 2.24. The van der Waals surface area contributed by atoms with E-state index < -0.39 is 0 Å². The molecule has 148 valence electrons. The largest absolute Gasteiger partial charge is 0.353 e. The van der Waals surface area contributed by atoms with E-state index in [0.29, 0.717) is 12.2 Å². The number of nitrogens with one attached hydrogen (secondary N) is 2. The molecule has 0 bridgehead atoms. The van der Waals surface area contributed by atoms with Crippen LogP contribution in [0.3, 0.4) is 0 Å². The number of aromatic nitrogens is 3. The maximum absolute atomic E-state index is 12.5. The van der Waals surface area contributed by atoms with Crippen molar-refractivity contribution in [1.29, 1.82) is 0 Å². The molecular formula is C22H29N5O. The van der Waals surface area contributed by atoms with Crippen LogP contribution >= 0.6 is 0 Å². The van der Waals surface area contributed by atoms with Crippen molar-refractivity contribution in [2.45, 2.75) is 26.2 Å². The molecule has 3 aromatic rings. The number of H-pyrrole nitrogens is 1. The molecule has 2 N–H and O–H groups in total. The number of hydrogen-bond donors (Lipinski definition) is 2. The van der Waals surface area contributed by atoms with E-state index in [0.717, 1.165) is 47.8 Å². The van der Waals surface area contributed by atoms with Crippen LogP contribution in [0.15, 0.2) is 36.4 Å². The van der Waals surface area contributed by atoms with E-state index in [1.54, 1.807) is 4.68 Å². The van der Waals surface area contributed by atoms with Gasteiger partial charge in [0.05, 0.1) is 11.4 Å². The molecule has 1 aliphatic heterocycles. The summed E-state index contributed by atoms with van der Waals surface area (Å²) in [7, 11) is 1.87. The lowest BCUT2D eigenvalue weighted by Gasteiger charge is -2.31. The summed E-state index contributed by atoms with van der Waals surface area (Å²) in [5.74, 6) is 0.767. The highest BCUT2D eigenvalue weighted by molar-refractivity contribution is 5.94. The number of amides is 1. The maximum atomic E-state index is 12.5. The van der Waals surface area contributed by atoms with Crippen molar-refractivity contribution in [2.75, 3.05) is 26.2 Å². The van der Waals surface area contributed by atoms with Gasteiger partial charge in [0, 0.05) is 31.0 Å². The molecule has 1 amide bonds. The minimum Gasteiger partial charge on any atom is -0.353 e. The average Bonchev–Trinajstić information content (AvgIpc) is 3.31. The molecule has 4 rings (SSSR count).